The Morgan fingerprint density at radius 3 is 2.40 bits per heavy atom. The van der Waals surface area contributed by atoms with Gasteiger partial charge >= 0.3 is 0 Å². The highest BCUT2D eigenvalue weighted by Gasteiger charge is 2.31. The lowest BCUT2D eigenvalue weighted by atomic mass is 10.1. The van der Waals surface area contributed by atoms with E-state index in [1.807, 2.05) is 54.8 Å². The molecule has 148 valence electrons. The summed E-state index contributed by atoms with van der Waals surface area (Å²) in [4.78, 5) is 27.8. The summed E-state index contributed by atoms with van der Waals surface area (Å²) in [7, 11) is 0. The van der Waals surface area contributed by atoms with Gasteiger partial charge in [-0.25, -0.2) is 4.39 Å². The Labute approximate surface area is 173 Å². The van der Waals surface area contributed by atoms with E-state index in [1.165, 1.54) is 12.1 Å². The second-order valence-electron chi connectivity index (χ2n) is 7.59. The van der Waals surface area contributed by atoms with Crippen LogP contribution in [0, 0.1) is 19.7 Å². The number of carbonyl (C=O) groups excluding carboxylic acids is 2. The maximum absolute atomic E-state index is 13.3. The molecule has 1 aliphatic rings. The van der Waals surface area contributed by atoms with Gasteiger partial charge in [0, 0.05) is 33.6 Å². The predicted molar refractivity (Wildman–Crippen MR) is 115 cm³/mol. The van der Waals surface area contributed by atoms with Crippen molar-refractivity contribution >= 4 is 28.2 Å². The van der Waals surface area contributed by atoms with Crippen LogP contribution in [0.1, 0.15) is 32.1 Å². The monoisotopic (exact) mass is 398 g/mol. The van der Waals surface area contributed by atoms with Crippen LogP contribution in [0.5, 0.6) is 0 Å². The second-order valence-corrected chi connectivity index (χ2v) is 7.59. The third-order valence-electron chi connectivity index (χ3n) is 5.77. The van der Waals surface area contributed by atoms with Gasteiger partial charge in [-0.05, 0) is 61.7 Å². The number of aromatic nitrogens is 1. The van der Waals surface area contributed by atoms with Gasteiger partial charge in [0.2, 0.25) is 0 Å². The largest absolute Gasteiger partial charge is 0.318 e. The molecule has 0 unspecified atom stereocenters. The predicted octanol–water partition coefficient (Wildman–Crippen LogP) is 5.23. The minimum atomic E-state index is -0.307. The quantitative estimate of drug-likeness (QED) is 0.442. The molecule has 0 saturated carbocycles. The highest BCUT2D eigenvalue weighted by atomic mass is 19.1. The van der Waals surface area contributed by atoms with Crippen molar-refractivity contribution in [3.05, 3.63) is 95.1 Å². The average molecular weight is 398 g/mol. The van der Waals surface area contributed by atoms with Crippen LogP contribution >= 0.6 is 0 Å². The highest BCUT2D eigenvalue weighted by Crippen LogP contribution is 2.37. The van der Waals surface area contributed by atoms with Gasteiger partial charge in [0.15, 0.2) is 5.78 Å². The van der Waals surface area contributed by atoms with E-state index in [1.54, 1.807) is 23.1 Å². The number of aryl methyl sites for hydroxylation is 1. The van der Waals surface area contributed by atoms with Crippen LogP contribution in [0.4, 0.5) is 10.1 Å². The first-order chi connectivity index (χ1) is 14.5. The number of nitrogens with zero attached hydrogens (tertiary/aromatic N) is 2. The zero-order valence-corrected chi connectivity index (χ0v) is 16.6. The van der Waals surface area contributed by atoms with Crippen molar-refractivity contribution in [1.82, 2.24) is 4.57 Å². The molecule has 0 saturated heterocycles. The molecule has 0 radical (unpaired) electrons. The SMILES string of the molecule is Cc1cc(C(=O)CN2C(=O)c3cccc4cccc2c34)c(C)n1-c1ccc(F)cc1. The van der Waals surface area contributed by atoms with Crippen molar-refractivity contribution in [3.63, 3.8) is 0 Å². The van der Waals surface area contributed by atoms with E-state index in [9.17, 15) is 14.0 Å². The number of amides is 1. The number of ketones is 1. The molecule has 0 N–H and O–H groups in total. The highest BCUT2D eigenvalue weighted by molar-refractivity contribution is 6.26. The minimum absolute atomic E-state index is 0.0274. The number of benzene rings is 3. The molecule has 5 rings (SSSR count). The average Bonchev–Trinajstić information content (AvgIpc) is 3.19. The molecule has 2 heterocycles. The van der Waals surface area contributed by atoms with Crippen molar-refractivity contribution in [2.45, 2.75) is 13.8 Å². The molecule has 4 nitrogen and oxygen atoms in total. The number of anilines is 1. The molecule has 0 atom stereocenters. The van der Waals surface area contributed by atoms with E-state index in [4.69, 9.17) is 0 Å². The van der Waals surface area contributed by atoms with Crippen LogP contribution in [0.25, 0.3) is 16.5 Å². The molecule has 5 heteroatoms. The number of hydrogen-bond acceptors (Lipinski definition) is 2. The first kappa shape index (κ1) is 18.3. The van der Waals surface area contributed by atoms with E-state index < -0.39 is 0 Å². The second kappa shape index (κ2) is 6.66. The fourth-order valence-corrected chi connectivity index (χ4v) is 4.40. The molecule has 3 aromatic carbocycles. The van der Waals surface area contributed by atoms with E-state index in [0.29, 0.717) is 11.1 Å². The van der Waals surface area contributed by atoms with E-state index >= 15 is 0 Å². The van der Waals surface area contributed by atoms with Crippen molar-refractivity contribution in [3.8, 4) is 5.69 Å². The van der Waals surface area contributed by atoms with Crippen LogP contribution in [0.3, 0.4) is 0 Å². The van der Waals surface area contributed by atoms with Gasteiger partial charge in [0.25, 0.3) is 5.91 Å². The van der Waals surface area contributed by atoms with E-state index in [0.717, 1.165) is 33.5 Å². The van der Waals surface area contributed by atoms with Crippen molar-refractivity contribution in [1.29, 1.82) is 0 Å². The van der Waals surface area contributed by atoms with Crippen LogP contribution in [-0.4, -0.2) is 22.8 Å². The van der Waals surface area contributed by atoms with Crippen LogP contribution < -0.4 is 4.90 Å². The first-order valence-corrected chi connectivity index (χ1v) is 9.77. The molecule has 30 heavy (non-hydrogen) atoms. The first-order valence-electron chi connectivity index (χ1n) is 9.77. The summed E-state index contributed by atoms with van der Waals surface area (Å²) in [6.07, 6.45) is 0. The van der Waals surface area contributed by atoms with Gasteiger partial charge in [-0.3, -0.25) is 14.5 Å². The fraction of sp³-hybridized carbons (Fsp3) is 0.120. The molecule has 0 spiro atoms. The molecule has 0 bridgehead atoms. The molecule has 1 aliphatic heterocycles. The fourth-order valence-electron chi connectivity index (χ4n) is 4.40. The normalized spacial score (nSPS) is 12.8. The maximum atomic E-state index is 13.3. The van der Waals surface area contributed by atoms with Crippen LogP contribution in [0.2, 0.25) is 0 Å². The summed E-state index contributed by atoms with van der Waals surface area (Å²) in [5.74, 6) is -0.587. The molecule has 1 aromatic heterocycles. The van der Waals surface area contributed by atoms with Gasteiger partial charge in [-0.2, -0.15) is 0 Å². The lowest BCUT2D eigenvalue weighted by Crippen LogP contribution is -2.32. The van der Waals surface area contributed by atoms with Crippen LogP contribution in [-0.2, 0) is 0 Å². The molecule has 4 aromatic rings. The lowest BCUT2D eigenvalue weighted by Gasteiger charge is -2.17. The number of rotatable bonds is 4. The topological polar surface area (TPSA) is 42.3 Å². The van der Waals surface area contributed by atoms with E-state index in [2.05, 4.69) is 0 Å². The van der Waals surface area contributed by atoms with Crippen molar-refractivity contribution in [2.75, 3.05) is 11.4 Å². The van der Waals surface area contributed by atoms with Gasteiger partial charge in [-0.15, -0.1) is 0 Å². The third-order valence-corrected chi connectivity index (χ3v) is 5.77. The smallest absolute Gasteiger partial charge is 0.259 e. The Hall–Kier alpha value is -3.73. The summed E-state index contributed by atoms with van der Waals surface area (Å²) in [5.41, 5.74) is 4.40. The number of carbonyl (C=O) groups is 2. The molecule has 1 amide bonds. The number of hydrogen-bond donors (Lipinski definition) is 0. The molecular weight excluding hydrogens is 379 g/mol. The molecular formula is C25H19FN2O2. The van der Waals surface area contributed by atoms with Crippen molar-refractivity contribution in [2.24, 2.45) is 0 Å². The Morgan fingerprint density at radius 2 is 1.67 bits per heavy atom. The zero-order valence-electron chi connectivity index (χ0n) is 16.6. The maximum Gasteiger partial charge on any atom is 0.259 e. The van der Waals surface area contributed by atoms with Gasteiger partial charge in [0.05, 0.1) is 12.2 Å². The Morgan fingerprint density at radius 1 is 0.967 bits per heavy atom. The van der Waals surface area contributed by atoms with Gasteiger partial charge in [0.1, 0.15) is 5.82 Å². The third kappa shape index (κ3) is 2.66. The zero-order chi connectivity index (χ0) is 21.0. The molecule has 0 fully saturated rings. The summed E-state index contributed by atoms with van der Waals surface area (Å²) in [6, 6.07) is 19.4. The Kier molecular flexibility index (Phi) is 4.07. The van der Waals surface area contributed by atoms with Gasteiger partial charge in [-0.1, -0.05) is 24.3 Å². The van der Waals surface area contributed by atoms with Crippen LogP contribution in [0.15, 0.2) is 66.7 Å². The number of halogens is 1. The molecule has 0 aliphatic carbocycles. The number of Topliss-reactive ketones (excluding diaryl/α,β-unsaturated/α-hetero) is 1. The summed E-state index contributed by atoms with van der Waals surface area (Å²) < 4.78 is 15.2. The lowest BCUT2D eigenvalue weighted by molar-refractivity contribution is 0.0941. The van der Waals surface area contributed by atoms with Crippen molar-refractivity contribution < 1.29 is 14.0 Å². The summed E-state index contributed by atoms with van der Waals surface area (Å²) in [6.45, 7) is 3.75. The Bertz CT molecular complexity index is 1330. The van der Waals surface area contributed by atoms with Gasteiger partial charge < -0.3 is 4.57 Å². The van der Waals surface area contributed by atoms with E-state index in [-0.39, 0.29) is 24.1 Å². The summed E-state index contributed by atoms with van der Waals surface area (Å²) in [5, 5.41) is 1.89. The Balaban J connectivity index is 1.50. The standard InChI is InChI=1S/C25H19FN2O2/c1-15-13-21(16(2)28(15)19-11-9-18(26)10-12-19)23(29)14-27-22-8-4-6-17-5-3-7-20(24(17)22)25(27)30/h3-13H,14H2,1-2H3. The minimum Gasteiger partial charge on any atom is -0.318 e. The summed E-state index contributed by atoms with van der Waals surface area (Å²) >= 11 is 0.